The fourth-order valence-electron chi connectivity index (χ4n) is 3.06. The summed E-state index contributed by atoms with van der Waals surface area (Å²) >= 11 is 0. The highest BCUT2D eigenvalue weighted by atomic mass is 19.1. The smallest absolute Gasteiger partial charge is 0.273 e. The van der Waals surface area contributed by atoms with E-state index in [1.165, 1.54) is 25.3 Å². The first kappa shape index (κ1) is 20.0. The number of hydrogen-bond acceptors (Lipinski definition) is 3. The van der Waals surface area contributed by atoms with Crippen LogP contribution in [-0.4, -0.2) is 22.6 Å². The average Bonchev–Trinajstić information content (AvgIpc) is 2.98. The highest BCUT2D eigenvalue weighted by Gasteiger charge is 2.16. The minimum Gasteiger partial charge on any atom is -0.326 e. The van der Waals surface area contributed by atoms with Crippen molar-refractivity contribution < 1.29 is 14.0 Å². The molecule has 0 saturated carbocycles. The maximum absolute atomic E-state index is 13.2. The van der Waals surface area contributed by atoms with Gasteiger partial charge < -0.3 is 9.88 Å². The maximum atomic E-state index is 13.2. The molecule has 2 N–H and O–H groups in total. The van der Waals surface area contributed by atoms with Crippen LogP contribution in [0.5, 0.6) is 0 Å². The van der Waals surface area contributed by atoms with Crippen molar-refractivity contribution in [2.75, 3.05) is 5.32 Å². The minimum atomic E-state index is -0.336. The number of nitrogens with one attached hydrogen (secondary N) is 2. The van der Waals surface area contributed by atoms with Crippen molar-refractivity contribution in [3.63, 3.8) is 0 Å². The molecule has 0 unspecified atom stereocenters. The average molecular weight is 392 g/mol. The third kappa shape index (κ3) is 4.76. The van der Waals surface area contributed by atoms with E-state index in [2.05, 4.69) is 15.8 Å². The van der Waals surface area contributed by atoms with Crippen LogP contribution in [0.1, 0.15) is 34.2 Å². The number of amides is 2. The van der Waals surface area contributed by atoms with Crippen LogP contribution >= 0.6 is 0 Å². The van der Waals surface area contributed by atoms with Gasteiger partial charge in [-0.2, -0.15) is 5.10 Å². The van der Waals surface area contributed by atoms with Crippen LogP contribution in [0.3, 0.4) is 0 Å². The summed E-state index contributed by atoms with van der Waals surface area (Å²) in [7, 11) is 0. The van der Waals surface area contributed by atoms with E-state index in [1.54, 1.807) is 42.5 Å². The van der Waals surface area contributed by atoms with Gasteiger partial charge in [-0.15, -0.1) is 0 Å². The summed E-state index contributed by atoms with van der Waals surface area (Å²) in [5.74, 6) is -0.789. The van der Waals surface area contributed by atoms with E-state index in [1.807, 2.05) is 18.4 Å². The zero-order valence-corrected chi connectivity index (χ0v) is 16.4. The molecule has 0 aliphatic carbocycles. The Morgan fingerprint density at radius 1 is 1.03 bits per heavy atom. The Morgan fingerprint density at radius 3 is 2.31 bits per heavy atom. The van der Waals surface area contributed by atoms with Gasteiger partial charge in [-0.3, -0.25) is 9.59 Å². The lowest BCUT2D eigenvalue weighted by Gasteiger charge is -2.09. The van der Waals surface area contributed by atoms with Gasteiger partial charge >= 0.3 is 0 Å². The highest BCUT2D eigenvalue weighted by Crippen LogP contribution is 2.21. The second-order valence-electron chi connectivity index (χ2n) is 6.60. The fraction of sp³-hybridized carbons (Fsp3) is 0.136. The Morgan fingerprint density at radius 2 is 1.69 bits per heavy atom. The molecule has 0 radical (unpaired) electrons. The number of rotatable bonds is 5. The van der Waals surface area contributed by atoms with Crippen molar-refractivity contribution >= 4 is 23.7 Å². The van der Waals surface area contributed by atoms with Gasteiger partial charge in [0.15, 0.2) is 0 Å². The van der Waals surface area contributed by atoms with Crippen LogP contribution in [-0.2, 0) is 4.79 Å². The molecule has 1 heterocycles. The van der Waals surface area contributed by atoms with Crippen molar-refractivity contribution in [1.82, 2.24) is 9.99 Å². The normalized spacial score (nSPS) is 10.9. The second kappa shape index (κ2) is 8.52. The van der Waals surface area contributed by atoms with Crippen molar-refractivity contribution in [3.8, 4) is 5.69 Å². The number of anilines is 1. The SMILES string of the molecule is CC(=O)Nc1ccc(/C=N\NC(=O)c2cc(C)n(-c3ccc(F)cc3)c2C)cc1. The first-order valence-corrected chi connectivity index (χ1v) is 9.01. The summed E-state index contributed by atoms with van der Waals surface area (Å²) < 4.78 is 15.1. The lowest BCUT2D eigenvalue weighted by molar-refractivity contribution is -0.114. The Kier molecular flexibility index (Phi) is 5.87. The third-order valence-corrected chi connectivity index (χ3v) is 4.37. The summed E-state index contributed by atoms with van der Waals surface area (Å²) in [6, 6.07) is 14.9. The van der Waals surface area contributed by atoms with E-state index in [-0.39, 0.29) is 17.6 Å². The van der Waals surface area contributed by atoms with Crippen LogP contribution < -0.4 is 10.7 Å². The lowest BCUT2D eigenvalue weighted by atomic mass is 10.2. The summed E-state index contributed by atoms with van der Waals surface area (Å²) in [5.41, 5.74) is 6.85. The molecular formula is C22H21FN4O2. The molecule has 7 heteroatoms. The number of carbonyl (C=O) groups is 2. The molecule has 0 fully saturated rings. The van der Waals surface area contributed by atoms with Gasteiger partial charge in [0.05, 0.1) is 11.8 Å². The molecule has 3 aromatic rings. The van der Waals surface area contributed by atoms with E-state index >= 15 is 0 Å². The van der Waals surface area contributed by atoms with Gasteiger partial charge in [0.25, 0.3) is 5.91 Å². The number of hydrogen-bond donors (Lipinski definition) is 2. The fourth-order valence-corrected chi connectivity index (χ4v) is 3.06. The molecule has 3 rings (SSSR count). The Hall–Kier alpha value is -3.74. The van der Waals surface area contributed by atoms with Gasteiger partial charge in [-0.1, -0.05) is 12.1 Å². The third-order valence-electron chi connectivity index (χ3n) is 4.37. The van der Waals surface area contributed by atoms with Crippen molar-refractivity contribution in [2.24, 2.45) is 5.10 Å². The zero-order chi connectivity index (χ0) is 21.0. The van der Waals surface area contributed by atoms with Crippen LogP contribution in [0.2, 0.25) is 0 Å². The molecule has 0 saturated heterocycles. The topological polar surface area (TPSA) is 75.5 Å². The van der Waals surface area contributed by atoms with Crippen molar-refractivity contribution in [3.05, 3.63) is 82.9 Å². The number of nitrogens with zero attached hydrogens (tertiary/aromatic N) is 2. The number of hydrazone groups is 1. The van der Waals surface area contributed by atoms with Crippen LogP contribution in [0.4, 0.5) is 10.1 Å². The molecule has 1 aromatic heterocycles. The number of aryl methyl sites for hydroxylation is 1. The summed E-state index contributed by atoms with van der Waals surface area (Å²) in [6.07, 6.45) is 1.52. The van der Waals surface area contributed by atoms with Crippen LogP contribution in [0.25, 0.3) is 5.69 Å². The van der Waals surface area contributed by atoms with Gasteiger partial charge in [0.1, 0.15) is 5.82 Å². The number of aromatic nitrogens is 1. The maximum Gasteiger partial charge on any atom is 0.273 e. The van der Waals surface area contributed by atoms with Gasteiger partial charge in [0.2, 0.25) is 5.91 Å². The quantitative estimate of drug-likeness (QED) is 0.509. The number of carbonyl (C=O) groups excluding carboxylic acids is 2. The largest absolute Gasteiger partial charge is 0.326 e. The summed E-state index contributed by atoms with van der Waals surface area (Å²) in [4.78, 5) is 23.6. The van der Waals surface area contributed by atoms with Crippen molar-refractivity contribution in [1.29, 1.82) is 0 Å². The predicted octanol–water partition coefficient (Wildman–Crippen LogP) is 3.96. The molecule has 2 amide bonds. The van der Waals surface area contributed by atoms with Crippen molar-refractivity contribution in [2.45, 2.75) is 20.8 Å². The molecular weight excluding hydrogens is 371 g/mol. The Bertz CT molecular complexity index is 1070. The summed E-state index contributed by atoms with van der Waals surface area (Å²) in [6.45, 7) is 5.15. The Labute approximate surface area is 168 Å². The molecule has 0 bridgehead atoms. The van der Waals surface area contributed by atoms with Gasteiger partial charge in [-0.25, -0.2) is 9.82 Å². The highest BCUT2D eigenvalue weighted by molar-refractivity contribution is 5.96. The molecule has 0 aliphatic heterocycles. The number of benzene rings is 2. The molecule has 6 nitrogen and oxygen atoms in total. The number of halogens is 1. The Balaban J connectivity index is 1.71. The monoisotopic (exact) mass is 392 g/mol. The van der Waals surface area contributed by atoms with E-state index < -0.39 is 0 Å². The van der Waals surface area contributed by atoms with Crippen LogP contribution in [0, 0.1) is 19.7 Å². The van der Waals surface area contributed by atoms with E-state index in [9.17, 15) is 14.0 Å². The first-order chi connectivity index (χ1) is 13.8. The summed E-state index contributed by atoms with van der Waals surface area (Å²) in [5, 5.41) is 6.68. The second-order valence-corrected chi connectivity index (χ2v) is 6.60. The predicted molar refractivity (Wildman–Crippen MR) is 111 cm³/mol. The van der Waals surface area contributed by atoms with E-state index in [4.69, 9.17) is 0 Å². The van der Waals surface area contributed by atoms with Gasteiger partial charge in [0, 0.05) is 29.7 Å². The van der Waals surface area contributed by atoms with Gasteiger partial charge in [-0.05, 0) is 61.9 Å². The molecule has 29 heavy (non-hydrogen) atoms. The minimum absolute atomic E-state index is 0.142. The standard InChI is InChI=1S/C22H21FN4O2/c1-14-12-21(15(2)27(14)20-10-6-18(23)7-11-20)22(29)26-24-13-17-4-8-19(9-5-17)25-16(3)28/h4-13H,1-3H3,(H,25,28)(H,26,29)/b24-13-. The van der Waals surface area contributed by atoms with E-state index in [0.29, 0.717) is 11.3 Å². The molecule has 2 aromatic carbocycles. The first-order valence-electron chi connectivity index (χ1n) is 9.01. The zero-order valence-electron chi connectivity index (χ0n) is 16.4. The molecule has 148 valence electrons. The molecule has 0 atom stereocenters. The molecule has 0 aliphatic rings. The molecule has 0 spiro atoms. The lowest BCUT2D eigenvalue weighted by Crippen LogP contribution is -2.18. The van der Waals surface area contributed by atoms with E-state index in [0.717, 1.165) is 22.6 Å². The van der Waals surface area contributed by atoms with Crippen LogP contribution in [0.15, 0.2) is 59.7 Å².